The quantitative estimate of drug-likeness (QED) is 0.643. The molecule has 6 nitrogen and oxygen atoms in total. The number of aromatic nitrogens is 2. The number of ether oxygens (including phenoxy) is 2. The highest BCUT2D eigenvalue weighted by Gasteiger charge is 2.33. The highest BCUT2D eigenvalue weighted by Crippen LogP contribution is 2.45. The maximum atomic E-state index is 14.2. The summed E-state index contributed by atoms with van der Waals surface area (Å²) >= 11 is 0. The van der Waals surface area contributed by atoms with E-state index < -0.39 is 0 Å². The number of rotatable bonds is 9. The Kier molecular flexibility index (Phi) is 6.68. The Bertz CT molecular complexity index is 911. The van der Waals surface area contributed by atoms with Gasteiger partial charge in [-0.25, -0.2) is 14.4 Å². The van der Waals surface area contributed by atoms with Crippen molar-refractivity contribution in [2.45, 2.75) is 56.8 Å². The minimum absolute atomic E-state index is 0.158. The Morgan fingerprint density at radius 2 is 1.94 bits per heavy atom. The van der Waals surface area contributed by atoms with E-state index in [0.29, 0.717) is 42.2 Å². The zero-order chi connectivity index (χ0) is 21.8. The van der Waals surface area contributed by atoms with Crippen LogP contribution in [0.5, 0.6) is 11.8 Å². The predicted molar refractivity (Wildman–Crippen MR) is 114 cm³/mol. The summed E-state index contributed by atoms with van der Waals surface area (Å²) < 4.78 is 25.4. The van der Waals surface area contributed by atoms with E-state index in [9.17, 15) is 9.18 Å². The van der Waals surface area contributed by atoms with Crippen molar-refractivity contribution in [3.05, 3.63) is 47.5 Å². The molecule has 0 radical (unpaired) electrons. The van der Waals surface area contributed by atoms with Crippen molar-refractivity contribution < 1.29 is 18.7 Å². The average Bonchev–Trinajstić information content (AvgIpc) is 3.62. The van der Waals surface area contributed by atoms with E-state index in [1.807, 2.05) is 12.1 Å². The van der Waals surface area contributed by atoms with Crippen LogP contribution in [0.2, 0.25) is 0 Å². The normalized spacial score (nSPS) is 22.0. The summed E-state index contributed by atoms with van der Waals surface area (Å²) in [4.78, 5) is 19.7. The molecule has 1 amide bonds. The molecular weight excluding hydrogens is 397 g/mol. The second-order valence-corrected chi connectivity index (χ2v) is 8.82. The second-order valence-electron chi connectivity index (χ2n) is 8.82. The van der Waals surface area contributed by atoms with E-state index in [2.05, 4.69) is 9.97 Å². The monoisotopic (exact) mass is 427 g/mol. The smallest absolute Gasteiger partial charge is 0.218 e. The van der Waals surface area contributed by atoms with Gasteiger partial charge >= 0.3 is 0 Å². The first kappa shape index (κ1) is 21.5. The molecule has 2 aliphatic rings. The van der Waals surface area contributed by atoms with Gasteiger partial charge in [0.2, 0.25) is 17.7 Å². The van der Waals surface area contributed by atoms with Crippen molar-refractivity contribution in [2.75, 3.05) is 13.7 Å². The van der Waals surface area contributed by atoms with E-state index in [1.165, 1.54) is 6.20 Å². The van der Waals surface area contributed by atoms with Crippen LogP contribution in [0.15, 0.2) is 30.6 Å². The molecule has 2 saturated carbocycles. The topological polar surface area (TPSA) is 87.3 Å². The fraction of sp³-hybridized carbons (Fsp3) is 0.542. The number of nitrogens with two attached hydrogens (primary N) is 1. The Morgan fingerprint density at radius 1 is 1.16 bits per heavy atom. The zero-order valence-corrected chi connectivity index (χ0v) is 17.9. The average molecular weight is 428 g/mol. The van der Waals surface area contributed by atoms with E-state index in [1.54, 1.807) is 19.4 Å². The molecule has 0 aliphatic heterocycles. The lowest BCUT2D eigenvalue weighted by Gasteiger charge is -2.29. The minimum Gasteiger partial charge on any atom is -0.481 e. The van der Waals surface area contributed by atoms with E-state index in [4.69, 9.17) is 15.2 Å². The number of hydrogen-bond acceptors (Lipinski definition) is 5. The summed E-state index contributed by atoms with van der Waals surface area (Å²) in [6.07, 6.45) is 9.41. The van der Waals surface area contributed by atoms with Gasteiger partial charge in [-0.15, -0.1) is 0 Å². The molecule has 0 aromatic carbocycles. The van der Waals surface area contributed by atoms with Gasteiger partial charge in [0.25, 0.3) is 0 Å². The molecule has 2 N–H and O–H groups in total. The summed E-state index contributed by atoms with van der Waals surface area (Å²) in [5.41, 5.74) is 7.23. The highest BCUT2D eigenvalue weighted by atomic mass is 19.1. The first-order valence-corrected chi connectivity index (χ1v) is 11.1. The first-order chi connectivity index (χ1) is 15.0. The molecule has 2 aromatic heterocycles. The molecule has 31 heavy (non-hydrogen) atoms. The third kappa shape index (κ3) is 5.51. The summed E-state index contributed by atoms with van der Waals surface area (Å²) in [6, 6.07) is 5.63. The number of hydrogen-bond donors (Lipinski definition) is 1. The van der Waals surface area contributed by atoms with Crippen LogP contribution in [-0.4, -0.2) is 29.6 Å². The minimum atomic E-state index is -0.267. The molecule has 0 spiro atoms. The molecule has 0 saturated heterocycles. The van der Waals surface area contributed by atoms with Gasteiger partial charge in [0.1, 0.15) is 5.82 Å². The van der Waals surface area contributed by atoms with Crippen molar-refractivity contribution in [3.8, 4) is 11.8 Å². The SMILES string of the molecule is COc1cc([C@H]2CC[C@H](COc3cc(C(CC(N)=O)C4CC4)ccn3)CC2)c(F)cn1. The maximum absolute atomic E-state index is 14.2. The van der Waals surface area contributed by atoms with Crippen LogP contribution in [0.3, 0.4) is 0 Å². The van der Waals surface area contributed by atoms with Gasteiger partial charge in [0.05, 0.1) is 19.9 Å². The Hall–Kier alpha value is -2.70. The van der Waals surface area contributed by atoms with Gasteiger partial charge in [0, 0.05) is 24.8 Å². The predicted octanol–water partition coefficient (Wildman–Crippen LogP) is 4.35. The van der Waals surface area contributed by atoms with Gasteiger partial charge in [-0.1, -0.05) is 0 Å². The van der Waals surface area contributed by atoms with Crippen LogP contribution >= 0.6 is 0 Å². The van der Waals surface area contributed by atoms with Gasteiger partial charge < -0.3 is 15.2 Å². The molecule has 4 rings (SSSR count). The molecule has 166 valence electrons. The van der Waals surface area contributed by atoms with Crippen molar-refractivity contribution >= 4 is 5.91 Å². The van der Waals surface area contributed by atoms with Gasteiger partial charge in [-0.3, -0.25) is 4.79 Å². The lowest BCUT2D eigenvalue weighted by Crippen LogP contribution is -2.20. The number of halogens is 1. The third-order valence-corrected chi connectivity index (χ3v) is 6.62. The van der Waals surface area contributed by atoms with Crippen molar-refractivity contribution in [3.63, 3.8) is 0 Å². The van der Waals surface area contributed by atoms with Crippen LogP contribution in [0.4, 0.5) is 4.39 Å². The van der Waals surface area contributed by atoms with Crippen LogP contribution in [0.25, 0.3) is 0 Å². The summed E-state index contributed by atoms with van der Waals surface area (Å²) in [5.74, 6) is 1.81. The van der Waals surface area contributed by atoms with E-state index in [0.717, 1.165) is 44.1 Å². The molecule has 7 heteroatoms. The number of methoxy groups -OCH3 is 1. The van der Waals surface area contributed by atoms with E-state index >= 15 is 0 Å². The second kappa shape index (κ2) is 9.62. The molecule has 2 aromatic rings. The largest absolute Gasteiger partial charge is 0.481 e. The fourth-order valence-corrected chi connectivity index (χ4v) is 4.71. The number of nitrogens with zero attached hydrogens (tertiary/aromatic N) is 2. The van der Waals surface area contributed by atoms with Crippen molar-refractivity contribution in [1.82, 2.24) is 9.97 Å². The molecule has 2 heterocycles. The van der Waals surface area contributed by atoms with Crippen LogP contribution in [-0.2, 0) is 4.79 Å². The summed E-state index contributed by atoms with van der Waals surface area (Å²) in [7, 11) is 1.54. The van der Waals surface area contributed by atoms with Gasteiger partial charge in [0.15, 0.2) is 0 Å². The fourth-order valence-electron chi connectivity index (χ4n) is 4.71. The van der Waals surface area contributed by atoms with Crippen molar-refractivity contribution in [1.29, 1.82) is 0 Å². The third-order valence-electron chi connectivity index (χ3n) is 6.62. The molecule has 2 fully saturated rings. The molecule has 2 aliphatic carbocycles. The number of carbonyl (C=O) groups excluding carboxylic acids is 1. The molecular formula is C24H30FN3O3. The lowest BCUT2D eigenvalue weighted by atomic mass is 9.79. The Morgan fingerprint density at radius 3 is 2.61 bits per heavy atom. The summed E-state index contributed by atoms with van der Waals surface area (Å²) in [5, 5.41) is 0. The Labute approximate surface area is 182 Å². The Balaban J connectivity index is 1.31. The molecule has 0 bridgehead atoms. The van der Waals surface area contributed by atoms with E-state index in [-0.39, 0.29) is 23.6 Å². The standard InChI is InChI=1S/C24H30FN3O3/c1-30-23-12-20(21(25)13-28-23)17-4-2-15(3-5-17)14-31-24-10-18(8-9-27-24)19(11-22(26)29)16-6-7-16/h8-10,12-13,15-17,19H,2-7,11,14H2,1H3,(H2,26,29)/t15-,17-,19?. The van der Waals surface area contributed by atoms with Crippen LogP contribution < -0.4 is 15.2 Å². The zero-order valence-electron chi connectivity index (χ0n) is 17.9. The van der Waals surface area contributed by atoms with Crippen molar-refractivity contribution in [2.24, 2.45) is 17.6 Å². The number of pyridine rings is 2. The molecule has 1 atom stereocenters. The van der Waals surface area contributed by atoms with Gasteiger partial charge in [-0.2, -0.15) is 0 Å². The van der Waals surface area contributed by atoms with Crippen LogP contribution in [0.1, 0.15) is 67.9 Å². The number of primary amides is 1. The number of carbonyl (C=O) groups is 1. The van der Waals surface area contributed by atoms with Gasteiger partial charge in [-0.05, 0) is 79.4 Å². The highest BCUT2D eigenvalue weighted by molar-refractivity contribution is 5.75. The number of amides is 1. The molecule has 1 unspecified atom stereocenters. The first-order valence-electron chi connectivity index (χ1n) is 11.1. The van der Waals surface area contributed by atoms with Crippen LogP contribution in [0, 0.1) is 17.7 Å². The lowest BCUT2D eigenvalue weighted by molar-refractivity contribution is -0.118. The summed E-state index contributed by atoms with van der Waals surface area (Å²) in [6.45, 7) is 0.592. The maximum Gasteiger partial charge on any atom is 0.218 e.